The Hall–Kier alpha value is -1.49. The second-order valence-corrected chi connectivity index (χ2v) is 6.56. The van der Waals surface area contributed by atoms with Gasteiger partial charge in [-0.1, -0.05) is 65.6 Å². The van der Waals surface area contributed by atoms with Crippen molar-refractivity contribution < 1.29 is 0 Å². The maximum atomic E-state index is 3.89. The van der Waals surface area contributed by atoms with Crippen LogP contribution in [0.25, 0.3) is 0 Å². The molecule has 0 saturated carbocycles. The van der Waals surface area contributed by atoms with E-state index in [0.717, 1.165) is 36.9 Å². The highest BCUT2D eigenvalue weighted by molar-refractivity contribution is 14.1. The Labute approximate surface area is 152 Å². The van der Waals surface area contributed by atoms with Gasteiger partial charge in [-0.05, 0) is 48.7 Å². The Morgan fingerprint density at radius 1 is 1.00 bits per heavy atom. The predicted octanol–water partition coefficient (Wildman–Crippen LogP) is 5.15. The Balaban J connectivity index is 1.86. The third kappa shape index (κ3) is 3.71. The standard InChI is InChI=1S/C20H23IN2/c1-2-22(16-21)14-7-15-23-19-10-5-3-8-17(19)12-13-18-9-4-6-11-20(18)23/h2-6,8-11H,1,7,12-16H2. The van der Waals surface area contributed by atoms with Crippen LogP contribution >= 0.6 is 22.6 Å². The number of benzene rings is 2. The molecule has 0 saturated heterocycles. The average molecular weight is 418 g/mol. The van der Waals surface area contributed by atoms with E-state index in [1.54, 1.807) is 0 Å². The molecule has 0 N–H and O–H groups in total. The van der Waals surface area contributed by atoms with E-state index in [4.69, 9.17) is 0 Å². The van der Waals surface area contributed by atoms with Gasteiger partial charge in [0, 0.05) is 24.5 Å². The maximum Gasteiger partial charge on any atom is 0.0693 e. The Morgan fingerprint density at radius 2 is 1.57 bits per heavy atom. The molecule has 0 aliphatic carbocycles. The van der Waals surface area contributed by atoms with Crippen molar-refractivity contribution in [2.24, 2.45) is 0 Å². The number of rotatable bonds is 6. The third-order valence-corrected chi connectivity index (χ3v) is 5.34. The summed E-state index contributed by atoms with van der Waals surface area (Å²) in [4.78, 5) is 4.77. The van der Waals surface area contributed by atoms with Gasteiger partial charge < -0.3 is 9.80 Å². The maximum absolute atomic E-state index is 3.89. The van der Waals surface area contributed by atoms with Gasteiger partial charge in [-0.3, -0.25) is 0 Å². The lowest BCUT2D eigenvalue weighted by atomic mass is 10.0. The first-order valence-corrected chi connectivity index (χ1v) is 9.72. The van der Waals surface area contributed by atoms with E-state index in [2.05, 4.69) is 87.5 Å². The van der Waals surface area contributed by atoms with Crippen LogP contribution in [0.1, 0.15) is 17.5 Å². The number of anilines is 2. The van der Waals surface area contributed by atoms with Crippen molar-refractivity contribution in [1.29, 1.82) is 0 Å². The van der Waals surface area contributed by atoms with E-state index in [1.807, 2.05) is 6.20 Å². The number of para-hydroxylation sites is 2. The van der Waals surface area contributed by atoms with Gasteiger partial charge in [0.25, 0.3) is 0 Å². The fourth-order valence-electron chi connectivity index (χ4n) is 3.24. The van der Waals surface area contributed by atoms with Gasteiger partial charge in [-0.2, -0.15) is 0 Å². The fourth-order valence-corrected chi connectivity index (χ4v) is 3.86. The number of nitrogens with zero attached hydrogens (tertiary/aromatic N) is 2. The molecule has 120 valence electrons. The summed E-state index contributed by atoms with van der Waals surface area (Å²) in [5, 5.41) is 0. The number of hydrogen-bond acceptors (Lipinski definition) is 2. The molecule has 0 radical (unpaired) electrons. The molecule has 0 aromatic heterocycles. The summed E-state index contributed by atoms with van der Waals surface area (Å²) >= 11 is 2.39. The molecule has 1 aliphatic rings. The highest BCUT2D eigenvalue weighted by Crippen LogP contribution is 2.35. The van der Waals surface area contributed by atoms with Crippen molar-refractivity contribution in [2.75, 3.05) is 22.5 Å². The molecule has 2 nitrogen and oxygen atoms in total. The monoisotopic (exact) mass is 418 g/mol. The lowest BCUT2D eigenvalue weighted by molar-refractivity contribution is 0.441. The molecule has 0 fully saturated rings. The largest absolute Gasteiger partial charge is 0.369 e. The van der Waals surface area contributed by atoms with Crippen molar-refractivity contribution in [2.45, 2.75) is 19.3 Å². The normalized spacial score (nSPS) is 13.0. The molecule has 2 aromatic rings. The minimum atomic E-state index is 0.994. The quantitative estimate of drug-likeness (QED) is 0.364. The fraction of sp³-hybridized carbons (Fsp3) is 0.300. The van der Waals surface area contributed by atoms with Crippen LogP contribution in [-0.4, -0.2) is 22.5 Å². The van der Waals surface area contributed by atoms with Crippen LogP contribution in [0.2, 0.25) is 0 Å². The molecule has 23 heavy (non-hydrogen) atoms. The minimum absolute atomic E-state index is 0.994. The average Bonchev–Trinajstić information content (AvgIpc) is 2.76. The molecule has 1 heterocycles. The van der Waals surface area contributed by atoms with E-state index in [0.29, 0.717) is 0 Å². The van der Waals surface area contributed by atoms with Gasteiger partial charge >= 0.3 is 0 Å². The van der Waals surface area contributed by atoms with Crippen molar-refractivity contribution in [3.8, 4) is 0 Å². The summed E-state index contributed by atoms with van der Waals surface area (Å²) in [5.74, 6) is 0. The molecule has 0 bridgehead atoms. The van der Waals surface area contributed by atoms with Crippen molar-refractivity contribution in [1.82, 2.24) is 4.90 Å². The van der Waals surface area contributed by atoms with E-state index in [9.17, 15) is 0 Å². The smallest absolute Gasteiger partial charge is 0.0693 e. The first-order chi connectivity index (χ1) is 11.3. The Kier molecular flexibility index (Phi) is 5.60. The topological polar surface area (TPSA) is 6.48 Å². The van der Waals surface area contributed by atoms with Gasteiger partial charge in [0.15, 0.2) is 0 Å². The lowest BCUT2D eigenvalue weighted by Crippen LogP contribution is -2.24. The molecule has 0 unspecified atom stereocenters. The minimum Gasteiger partial charge on any atom is -0.369 e. The van der Waals surface area contributed by atoms with Gasteiger partial charge in [0.05, 0.1) is 4.55 Å². The van der Waals surface area contributed by atoms with Crippen LogP contribution in [0.5, 0.6) is 0 Å². The summed E-state index contributed by atoms with van der Waals surface area (Å²) in [6, 6.07) is 17.7. The Bertz CT molecular complexity index is 621. The van der Waals surface area contributed by atoms with Crippen LogP contribution in [-0.2, 0) is 12.8 Å². The first kappa shape index (κ1) is 16.4. The molecule has 1 aliphatic heterocycles. The summed E-state index contributed by atoms with van der Waals surface area (Å²) in [7, 11) is 0. The van der Waals surface area contributed by atoms with Crippen LogP contribution in [0.3, 0.4) is 0 Å². The van der Waals surface area contributed by atoms with Crippen molar-refractivity contribution >= 4 is 34.0 Å². The lowest BCUT2D eigenvalue weighted by Gasteiger charge is -2.28. The van der Waals surface area contributed by atoms with Crippen molar-refractivity contribution in [3.63, 3.8) is 0 Å². The van der Waals surface area contributed by atoms with E-state index in [-0.39, 0.29) is 0 Å². The van der Waals surface area contributed by atoms with Crippen LogP contribution in [0, 0.1) is 0 Å². The predicted molar refractivity (Wildman–Crippen MR) is 108 cm³/mol. The second kappa shape index (κ2) is 7.86. The Morgan fingerprint density at radius 3 is 2.09 bits per heavy atom. The van der Waals surface area contributed by atoms with Gasteiger partial charge in [0.2, 0.25) is 0 Å². The van der Waals surface area contributed by atoms with E-state index < -0.39 is 0 Å². The SMILES string of the molecule is C=CN(CI)CCCN1c2ccccc2CCc2ccccc21. The molecular formula is C20H23IN2. The van der Waals surface area contributed by atoms with Crippen LogP contribution in [0.4, 0.5) is 11.4 Å². The first-order valence-electron chi connectivity index (χ1n) is 8.19. The number of aryl methyl sites for hydroxylation is 2. The van der Waals surface area contributed by atoms with Crippen LogP contribution < -0.4 is 4.90 Å². The van der Waals surface area contributed by atoms with Crippen LogP contribution in [0.15, 0.2) is 61.3 Å². The number of halogens is 1. The third-order valence-electron chi connectivity index (χ3n) is 4.47. The summed E-state index contributed by atoms with van der Waals surface area (Å²) in [5.41, 5.74) is 5.66. The molecule has 2 aromatic carbocycles. The molecule has 0 amide bonds. The van der Waals surface area contributed by atoms with Gasteiger partial charge in [-0.25, -0.2) is 0 Å². The molecule has 0 atom stereocenters. The molecular weight excluding hydrogens is 395 g/mol. The zero-order valence-electron chi connectivity index (χ0n) is 13.4. The van der Waals surface area contributed by atoms with E-state index in [1.165, 1.54) is 22.5 Å². The number of fused-ring (bicyclic) bond motifs is 2. The zero-order chi connectivity index (χ0) is 16.1. The highest BCUT2D eigenvalue weighted by Gasteiger charge is 2.19. The summed E-state index contributed by atoms with van der Waals surface area (Å²) < 4.78 is 0.994. The van der Waals surface area contributed by atoms with Crippen molar-refractivity contribution in [3.05, 3.63) is 72.4 Å². The second-order valence-electron chi connectivity index (χ2n) is 5.88. The number of alkyl halides is 1. The summed E-state index contributed by atoms with van der Waals surface area (Å²) in [6.07, 6.45) is 5.31. The summed E-state index contributed by atoms with van der Waals surface area (Å²) in [6.45, 7) is 5.98. The number of hydrogen-bond donors (Lipinski definition) is 0. The van der Waals surface area contributed by atoms with Gasteiger partial charge in [-0.15, -0.1) is 0 Å². The highest BCUT2D eigenvalue weighted by atomic mass is 127. The molecule has 0 spiro atoms. The molecule has 3 rings (SSSR count). The molecule has 3 heteroatoms. The van der Waals surface area contributed by atoms with E-state index >= 15 is 0 Å². The zero-order valence-corrected chi connectivity index (χ0v) is 15.6. The van der Waals surface area contributed by atoms with Gasteiger partial charge in [0.1, 0.15) is 0 Å².